The first-order chi connectivity index (χ1) is 13.8. The molecule has 172 valence electrons. The summed E-state index contributed by atoms with van der Waals surface area (Å²) < 4.78 is 21.7. The monoisotopic (exact) mass is 444 g/mol. The van der Waals surface area contributed by atoms with Crippen molar-refractivity contribution < 1.29 is 54.7 Å². The molecule has 2 aliphatic rings. The summed E-state index contributed by atoms with van der Waals surface area (Å²) in [7, 11) is 0. The van der Waals surface area contributed by atoms with Crippen molar-refractivity contribution in [2.75, 3.05) is 25.6 Å². The lowest BCUT2D eigenvalue weighted by Crippen LogP contribution is -2.64. The molecule has 2 rings (SSSR count). The summed E-state index contributed by atoms with van der Waals surface area (Å²) in [5.74, 6) is 0.755. The molecule has 11 nitrogen and oxygen atoms in total. The highest BCUT2D eigenvalue weighted by molar-refractivity contribution is 7.80. The molecule has 0 bridgehead atoms. The number of aliphatic hydroxyl groups excluding tert-OH is 7. The van der Waals surface area contributed by atoms with Gasteiger partial charge in [0.2, 0.25) is 0 Å². The summed E-state index contributed by atoms with van der Waals surface area (Å²) in [6.07, 6.45) is -11.9. The van der Waals surface area contributed by atoms with E-state index in [1.54, 1.807) is 0 Å². The minimum Gasteiger partial charge on any atom is -0.394 e. The molecule has 29 heavy (non-hydrogen) atoms. The van der Waals surface area contributed by atoms with Crippen LogP contribution in [0.1, 0.15) is 19.3 Å². The average Bonchev–Trinajstić information content (AvgIpc) is 2.72. The SMILES string of the molecule is OCC1O[C@@H](O[C@H]2C(CO)O[C@@H](OCCCCCS)[C@@H](O)C2O)C(O)C(O)[C@H]1O. The summed E-state index contributed by atoms with van der Waals surface area (Å²) in [6.45, 7) is -0.965. The van der Waals surface area contributed by atoms with Gasteiger partial charge in [0, 0.05) is 6.61 Å². The molecule has 2 heterocycles. The second-order valence-corrected chi connectivity index (χ2v) is 7.61. The Kier molecular flexibility index (Phi) is 10.5. The smallest absolute Gasteiger partial charge is 0.187 e. The average molecular weight is 444 g/mol. The molecule has 10 atom stereocenters. The van der Waals surface area contributed by atoms with Gasteiger partial charge in [-0.3, -0.25) is 0 Å². The van der Waals surface area contributed by atoms with E-state index in [1.807, 2.05) is 0 Å². The molecule has 2 fully saturated rings. The van der Waals surface area contributed by atoms with Crippen LogP contribution < -0.4 is 0 Å². The number of aliphatic hydroxyl groups is 7. The van der Waals surface area contributed by atoms with E-state index in [0.717, 1.165) is 18.6 Å². The second kappa shape index (κ2) is 12.1. The lowest BCUT2D eigenvalue weighted by atomic mass is 9.97. The van der Waals surface area contributed by atoms with E-state index < -0.39 is 74.6 Å². The van der Waals surface area contributed by atoms with Gasteiger partial charge in [0.05, 0.1) is 13.2 Å². The molecule has 12 heteroatoms. The van der Waals surface area contributed by atoms with Crippen LogP contribution in [0, 0.1) is 0 Å². The molecule has 0 saturated carbocycles. The zero-order valence-electron chi connectivity index (χ0n) is 15.9. The van der Waals surface area contributed by atoms with Crippen molar-refractivity contribution >= 4 is 12.6 Å². The van der Waals surface area contributed by atoms with Crippen LogP contribution in [0.4, 0.5) is 0 Å². The molecular weight excluding hydrogens is 412 g/mol. The van der Waals surface area contributed by atoms with Crippen LogP contribution >= 0.6 is 12.6 Å². The molecule has 0 spiro atoms. The van der Waals surface area contributed by atoms with Crippen LogP contribution in [0.2, 0.25) is 0 Å². The standard InChI is InChI=1S/C17H32O11S/c18-6-8-10(20)11(21)13(23)17(26-8)28-15-9(7-19)27-16(14(24)12(15)22)25-4-2-1-3-5-29/h8-24,29H,1-7H2/t8?,9?,10-,11?,12?,13?,14-,15-,16+,17-/m0/s1. The molecule has 5 unspecified atom stereocenters. The van der Waals surface area contributed by atoms with Crippen molar-refractivity contribution in [3.05, 3.63) is 0 Å². The maximum atomic E-state index is 10.5. The van der Waals surface area contributed by atoms with Crippen molar-refractivity contribution in [3.63, 3.8) is 0 Å². The van der Waals surface area contributed by atoms with Crippen molar-refractivity contribution in [3.8, 4) is 0 Å². The number of hydrogen-bond donors (Lipinski definition) is 8. The number of hydrogen-bond acceptors (Lipinski definition) is 12. The minimum atomic E-state index is -1.70. The van der Waals surface area contributed by atoms with Crippen LogP contribution in [0.25, 0.3) is 0 Å². The van der Waals surface area contributed by atoms with E-state index >= 15 is 0 Å². The van der Waals surface area contributed by atoms with Crippen LogP contribution in [0.5, 0.6) is 0 Å². The summed E-state index contributed by atoms with van der Waals surface area (Å²) >= 11 is 4.12. The molecule has 0 aromatic heterocycles. The minimum absolute atomic E-state index is 0.276. The molecule has 0 amide bonds. The van der Waals surface area contributed by atoms with Crippen LogP contribution in [-0.4, -0.2) is 123 Å². The van der Waals surface area contributed by atoms with Gasteiger partial charge in [-0.1, -0.05) is 6.42 Å². The molecule has 0 aromatic rings. The Balaban J connectivity index is 1.98. The van der Waals surface area contributed by atoms with E-state index in [2.05, 4.69) is 12.6 Å². The lowest BCUT2D eigenvalue weighted by Gasteiger charge is -2.45. The first-order valence-corrected chi connectivity index (χ1v) is 10.3. The van der Waals surface area contributed by atoms with Gasteiger partial charge in [-0.25, -0.2) is 0 Å². The number of ether oxygens (including phenoxy) is 4. The van der Waals surface area contributed by atoms with Crippen molar-refractivity contribution in [1.82, 2.24) is 0 Å². The fourth-order valence-electron chi connectivity index (χ4n) is 3.28. The lowest BCUT2D eigenvalue weighted by molar-refractivity contribution is -0.359. The fraction of sp³-hybridized carbons (Fsp3) is 1.00. The molecule has 0 radical (unpaired) electrons. The highest BCUT2D eigenvalue weighted by Gasteiger charge is 2.50. The normalized spacial score (nSPS) is 43.4. The number of thiol groups is 1. The number of rotatable bonds is 10. The topological polar surface area (TPSA) is 179 Å². The summed E-state index contributed by atoms with van der Waals surface area (Å²) in [6, 6.07) is 0. The maximum absolute atomic E-state index is 10.5. The first-order valence-electron chi connectivity index (χ1n) is 9.66. The molecule has 7 N–H and O–H groups in total. The van der Waals surface area contributed by atoms with Gasteiger partial charge >= 0.3 is 0 Å². The van der Waals surface area contributed by atoms with Gasteiger partial charge in [0.1, 0.15) is 48.8 Å². The van der Waals surface area contributed by atoms with Crippen LogP contribution in [0.3, 0.4) is 0 Å². The Bertz CT molecular complexity index is 469. The van der Waals surface area contributed by atoms with Gasteiger partial charge in [-0.2, -0.15) is 12.6 Å². The van der Waals surface area contributed by atoms with Gasteiger partial charge in [0.25, 0.3) is 0 Å². The predicted molar refractivity (Wildman–Crippen MR) is 100 cm³/mol. The highest BCUT2D eigenvalue weighted by atomic mass is 32.1. The van der Waals surface area contributed by atoms with Crippen molar-refractivity contribution in [2.45, 2.75) is 80.7 Å². The largest absolute Gasteiger partial charge is 0.394 e. The van der Waals surface area contributed by atoms with E-state index in [4.69, 9.17) is 18.9 Å². The van der Waals surface area contributed by atoms with Gasteiger partial charge in [-0.15, -0.1) is 0 Å². The summed E-state index contributed by atoms with van der Waals surface area (Å²) in [5, 5.41) is 69.4. The number of unbranched alkanes of at least 4 members (excludes halogenated alkanes) is 2. The molecule has 2 saturated heterocycles. The van der Waals surface area contributed by atoms with E-state index in [1.165, 1.54) is 0 Å². The Morgan fingerprint density at radius 2 is 1.31 bits per heavy atom. The van der Waals surface area contributed by atoms with Gasteiger partial charge in [0.15, 0.2) is 12.6 Å². The van der Waals surface area contributed by atoms with Gasteiger partial charge < -0.3 is 54.7 Å². The zero-order chi connectivity index (χ0) is 21.6. The first kappa shape index (κ1) is 25.2. The van der Waals surface area contributed by atoms with Gasteiger partial charge in [-0.05, 0) is 18.6 Å². The Labute approximate surface area is 174 Å². The zero-order valence-corrected chi connectivity index (χ0v) is 16.8. The molecule has 2 aliphatic heterocycles. The summed E-state index contributed by atoms with van der Waals surface area (Å²) in [5.41, 5.74) is 0. The Morgan fingerprint density at radius 3 is 1.93 bits per heavy atom. The Morgan fingerprint density at radius 1 is 0.690 bits per heavy atom. The highest BCUT2D eigenvalue weighted by Crippen LogP contribution is 2.29. The van der Waals surface area contributed by atoms with Crippen LogP contribution in [0.15, 0.2) is 0 Å². The van der Waals surface area contributed by atoms with E-state index in [-0.39, 0.29) is 6.61 Å². The summed E-state index contributed by atoms with van der Waals surface area (Å²) in [4.78, 5) is 0. The third kappa shape index (κ3) is 6.21. The Hall–Kier alpha value is -0.0900. The van der Waals surface area contributed by atoms with Crippen molar-refractivity contribution in [2.24, 2.45) is 0 Å². The third-order valence-electron chi connectivity index (χ3n) is 5.04. The van der Waals surface area contributed by atoms with Crippen molar-refractivity contribution in [1.29, 1.82) is 0 Å². The molecule has 0 aromatic carbocycles. The second-order valence-electron chi connectivity index (χ2n) is 7.16. The third-order valence-corrected chi connectivity index (χ3v) is 5.36. The fourth-order valence-corrected chi connectivity index (χ4v) is 3.51. The quantitative estimate of drug-likeness (QED) is 0.125. The van der Waals surface area contributed by atoms with E-state index in [0.29, 0.717) is 6.42 Å². The van der Waals surface area contributed by atoms with E-state index in [9.17, 15) is 35.7 Å². The van der Waals surface area contributed by atoms with Crippen LogP contribution in [-0.2, 0) is 18.9 Å². The molecular formula is C17H32O11S. The maximum Gasteiger partial charge on any atom is 0.187 e. The predicted octanol–water partition coefficient (Wildman–Crippen LogP) is -3.27. The molecule has 0 aliphatic carbocycles.